The molecule has 9 heteroatoms. The van der Waals surface area contributed by atoms with Crippen molar-refractivity contribution in [3.05, 3.63) is 28.8 Å². The second-order valence-electron chi connectivity index (χ2n) is 8.09. The van der Waals surface area contributed by atoms with Crippen molar-refractivity contribution in [2.24, 2.45) is 0 Å². The van der Waals surface area contributed by atoms with E-state index >= 15 is 0 Å². The molecule has 158 valence electrons. The molecule has 0 N–H and O–H groups in total. The molecule has 0 aliphatic carbocycles. The van der Waals surface area contributed by atoms with Gasteiger partial charge in [0.1, 0.15) is 12.1 Å². The molecule has 1 aliphatic heterocycles. The number of ether oxygens (including phenoxy) is 2. The molecule has 3 heterocycles. The van der Waals surface area contributed by atoms with Crippen molar-refractivity contribution in [1.82, 2.24) is 19.0 Å². The van der Waals surface area contributed by atoms with Crippen molar-refractivity contribution >= 4 is 23.2 Å². The van der Waals surface area contributed by atoms with Crippen LogP contribution in [0.5, 0.6) is 0 Å². The SMILES string of the molecule is CCOC(=O)Cn1c(=O)n(C2CCN(C(=O)OC(C)(C)C)CC2)c2ncccc21. The van der Waals surface area contributed by atoms with Crippen molar-refractivity contribution in [2.45, 2.75) is 58.7 Å². The summed E-state index contributed by atoms with van der Waals surface area (Å²) in [6, 6.07) is 3.40. The molecule has 29 heavy (non-hydrogen) atoms. The molecular weight excluding hydrogens is 376 g/mol. The topological polar surface area (TPSA) is 95.7 Å². The number of hydrogen-bond donors (Lipinski definition) is 0. The van der Waals surface area contributed by atoms with Gasteiger partial charge in [0.05, 0.1) is 12.1 Å². The van der Waals surface area contributed by atoms with Crippen LogP contribution in [-0.4, -0.2) is 56.4 Å². The van der Waals surface area contributed by atoms with E-state index in [0.717, 1.165) is 0 Å². The first kappa shape index (κ1) is 20.9. The lowest BCUT2D eigenvalue weighted by atomic mass is 10.1. The molecule has 0 bridgehead atoms. The number of amides is 1. The number of nitrogens with zero attached hydrogens (tertiary/aromatic N) is 4. The molecule has 2 aromatic heterocycles. The summed E-state index contributed by atoms with van der Waals surface area (Å²) in [5, 5.41) is 0. The predicted octanol–water partition coefficient (Wildman–Crippen LogP) is 2.33. The van der Waals surface area contributed by atoms with E-state index in [9.17, 15) is 14.4 Å². The molecule has 0 unspecified atom stereocenters. The van der Waals surface area contributed by atoms with Crippen LogP contribution in [0.25, 0.3) is 11.2 Å². The third kappa shape index (κ3) is 4.60. The Hall–Kier alpha value is -2.84. The molecular formula is C20H28N4O5. The molecule has 1 fully saturated rings. The maximum Gasteiger partial charge on any atom is 0.410 e. The number of piperidine rings is 1. The maximum atomic E-state index is 13.1. The lowest BCUT2D eigenvalue weighted by Gasteiger charge is -2.33. The van der Waals surface area contributed by atoms with Gasteiger partial charge in [0.15, 0.2) is 5.65 Å². The normalized spacial score (nSPS) is 15.5. The second kappa shape index (κ2) is 8.26. The van der Waals surface area contributed by atoms with E-state index in [0.29, 0.717) is 37.1 Å². The van der Waals surface area contributed by atoms with Crippen LogP contribution in [0.1, 0.15) is 46.6 Å². The number of carbonyl (C=O) groups is 2. The zero-order valence-corrected chi connectivity index (χ0v) is 17.4. The second-order valence-corrected chi connectivity index (χ2v) is 8.09. The summed E-state index contributed by atoms with van der Waals surface area (Å²) < 4.78 is 13.5. The third-order valence-corrected chi connectivity index (χ3v) is 4.80. The van der Waals surface area contributed by atoms with Gasteiger partial charge < -0.3 is 14.4 Å². The number of carbonyl (C=O) groups excluding carboxylic acids is 2. The van der Waals surface area contributed by atoms with E-state index in [4.69, 9.17) is 9.47 Å². The van der Waals surface area contributed by atoms with Crippen LogP contribution in [0.15, 0.2) is 23.1 Å². The fourth-order valence-corrected chi connectivity index (χ4v) is 3.56. The average molecular weight is 404 g/mol. The minimum Gasteiger partial charge on any atom is -0.465 e. The first-order valence-electron chi connectivity index (χ1n) is 9.90. The molecule has 2 aromatic rings. The number of likely N-dealkylation sites (tertiary alicyclic amines) is 1. The lowest BCUT2D eigenvalue weighted by Crippen LogP contribution is -2.43. The van der Waals surface area contributed by atoms with Crippen LogP contribution < -0.4 is 5.69 Å². The molecule has 1 aliphatic rings. The fourth-order valence-electron chi connectivity index (χ4n) is 3.56. The molecule has 0 spiro atoms. The van der Waals surface area contributed by atoms with Gasteiger partial charge in [-0.25, -0.2) is 14.6 Å². The summed E-state index contributed by atoms with van der Waals surface area (Å²) in [4.78, 5) is 43.4. The fraction of sp³-hybridized carbons (Fsp3) is 0.600. The smallest absolute Gasteiger partial charge is 0.410 e. The molecule has 1 saturated heterocycles. The van der Waals surface area contributed by atoms with Gasteiger partial charge in [-0.1, -0.05) is 0 Å². The van der Waals surface area contributed by atoms with Crippen molar-refractivity contribution in [3.8, 4) is 0 Å². The standard InChI is InChI=1S/C20H28N4O5/c1-5-28-16(25)13-23-15-7-6-10-21-17(15)24(18(23)26)14-8-11-22(12-9-14)19(27)29-20(2,3)4/h6-7,10,14H,5,8-9,11-13H2,1-4H3. The minimum atomic E-state index is -0.546. The van der Waals surface area contributed by atoms with Crippen molar-refractivity contribution < 1.29 is 19.1 Å². The minimum absolute atomic E-state index is 0.109. The molecule has 1 amide bonds. The van der Waals surface area contributed by atoms with E-state index in [1.54, 1.807) is 34.7 Å². The Morgan fingerprint density at radius 1 is 1.24 bits per heavy atom. The van der Waals surface area contributed by atoms with Gasteiger partial charge in [-0.3, -0.25) is 13.9 Å². The average Bonchev–Trinajstić information content (AvgIpc) is 2.93. The molecule has 0 atom stereocenters. The predicted molar refractivity (Wildman–Crippen MR) is 107 cm³/mol. The van der Waals surface area contributed by atoms with Crippen LogP contribution in [-0.2, 0) is 20.8 Å². The Labute approximate surface area is 169 Å². The van der Waals surface area contributed by atoms with Crippen LogP contribution in [0, 0.1) is 0 Å². The molecule has 0 aromatic carbocycles. The van der Waals surface area contributed by atoms with Crippen molar-refractivity contribution in [1.29, 1.82) is 0 Å². The highest BCUT2D eigenvalue weighted by Gasteiger charge is 2.30. The quantitative estimate of drug-likeness (QED) is 0.726. The van der Waals surface area contributed by atoms with Crippen LogP contribution in [0.4, 0.5) is 4.79 Å². The number of fused-ring (bicyclic) bond motifs is 1. The van der Waals surface area contributed by atoms with Crippen LogP contribution in [0.3, 0.4) is 0 Å². The van der Waals surface area contributed by atoms with Gasteiger partial charge in [0.25, 0.3) is 0 Å². The first-order valence-corrected chi connectivity index (χ1v) is 9.90. The summed E-state index contributed by atoms with van der Waals surface area (Å²) in [6.07, 6.45) is 2.50. The highest BCUT2D eigenvalue weighted by atomic mass is 16.6. The molecule has 0 saturated carbocycles. The maximum absolute atomic E-state index is 13.1. The Kier molecular flexibility index (Phi) is 5.95. The number of pyridine rings is 1. The highest BCUT2D eigenvalue weighted by Crippen LogP contribution is 2.26. The van der Waals surface area contributed by atoms with Gasteiger partial charge in [-0.05, 0) is 52.7 Å². The summed E-state index contributed by atoms with van der Waals surface area (Å²) >= 11 is 0. The van der Waals surface area contributed by atoms with Gasteiger partial charge in [-0.2, -0.15) is 0 Å². The number of esters is 1. The number of imidazole rings is 1. The number of rotatable bonds is 4. The van der Waals surface area contributed by atoms with E-state index in [2.05, 4.69) is 4.98 Å². The van der Waals surface area contributed by atoms with Gasteiger partial charge in [-0.15, -0.1) is 0 Å². The number of hydrogen-bond acceptors (Lipinski definition) is 6. The number of aromatic nitrogens is 3. The van der Waals surface area contributed by atoms with E-state index in [1.165, 1.54) is 4.57 Å². The summed E-state index contributed by atoms with van der Waals surface area (Å²) in [7, 11) is 0. The van der Waals surface area contributed by atoms with Crippen LogP contribution in [0.2, 0.25) is 0 Å². The van der Waals surface area contributed by atoms with E-state index in [-0.39, 0.29) is 31.0 Å². The Balaban J connectivity index is 1.82. The zero-order chi connectivity index (χ0) is 21.2. The van der Waals surface area contributed by atoms with Gasteiger partial charge in [0.2, 0.25) is 0 Å². The zero-order valence-electron chi connectivity index (χ0n) is 17.4. The molecule has 3 rings (SSSR count). The van der Waals surface area contributed by atoms with Gasteiger partial charge >= 0.3 is 17.8 Å². The lowest BCUT2D eigenvalue weighted by molar-refractivity contribution is -0.143. The Morgan fingerprint density at radius 2 is 1.93 bits per heavy atom. The summed E-state index contributed by atoms with van der Waals surface area (Å²) in [5.74, 6) is -0.461. The largest absolute Gasteiger partial charge is 0.465 e. The van der Waals surface area contributed by atoms with E-state index < -0.39 is 11.6 Å². The molecule has 0 radical (unpaired) electrons. The van der Waals surface area contributed by atoms with E-state index in [1.807, 2.05) is 20.8 Å². The third-order valence-electron chi connectivity index (χ3n) is 4.80. The van der Waals surface area contributed by atoms with Gasteiger partial charge in [0, 0.05) is 25.3 Å². The summed E-state index contributed by atoms with van der Waals surface area (Å²) in [5.41, 5.74) is 0.301. The van der Waals surface area contributed by atoms with Crippen molar-refractivity contribution in [3.63, 3.8) is 0 Å². The highest BCUT2D eigenvalue weighted by molar-refractivity contribution is 5.76. The Morgan fingerprint density at radius 3 is 2.55 bits per heavy atom. The first-order chi connectivity index (χ1) is 13.7. The van der Waals surface area contributed by atoms with Crippen LogP contribution >= 0.6 is 0 Å². The summed E-state index contributed by atoms with van der Waals surface area (Å²) in [6.45, 7) is 8.31. The monoisotopic (exact) mass is 404 g/mol. The Bertz CT molecular complexity index is 948. The van der Waals surface area contributed by atoms with Crippen molar-refractivity contribution in [2.75, 3.05) is 19.7 Å². The molecule has 9 nitrogen and oxygen atoms in total.